The number of esters is 1. The topological polar surface area (TPSA) is 55.4 Å². The van der Waals surface area contributed by atoms with E-state index in [1.165, 1.54) is 7.11 Å². The van der Waals surface area contributed by atoms with Crippen molar-refractivity contribution in [2.75, 3.05) is 7.11 Å². The number of hydrogen-bond acceptors (Lipinski definition) is 3. The normalized spacial score (nSPS) is 13.7. The minimum Gasteiger partial charge on any atom is -0.469 e. The van der Waals surface area contributed by atoms with Gasteiger partial charge in [0.1, 0.15) is 11.0 Å². The molecule has 0 aliphatic heterocycles. The van der Waals surface area contributed by atoms with Crippen molar-refractivity contribution in [2.45, 2.75) is 24.3 Å². The molecular weight excluding hydrogens is 250 g/mol. The molecule has 2 unspecified atom stereocenters. The summed E-state index contributed by atoms with van der Waals surface area (Å²) in [5, 5.41) is 0. The Kier molecular flexibility index (Phi) is 5.74. The zero-order chi connectivity index (χ0) is 13.5. The highest BCUT2D eigenvalue weighted by atomic mass is 32.2. The Morgan fingerprint density at radius 2 is 2.11 bits per heavy atom. The van der Waals surface area contributed by atoms with E-state index >= 15 is 0 Å². The number of ether oxygens (including phenoxy) is 1. The van der Waals surface area contributed by atoms with Gasteiger partial charge in [-0.3, -0.25) is 4.79 Å². The second kappa shape index (κ2) is 7.08. The minimum atomic E-state index is -1.37. The van der Waals surface area contributed by atoms with Gasteiger partial charge >= 0.3 is 5.97 Å². The predicted octanol–water partition coefficient (Wildman–Crippen LogP) is 1.72. The van der Waals surface area contributed by atoms with Gasteiger partial charge in [0, 0.05) is 6.04 Å². The zero-order valence-electron chi connectivity index (χ0n) is 10.5. The van der Waals surface area contributed by atoms with E-state index in [9.17, 15) is 9.00 Å². The summed E-state index contributed by atoms with van der Waals surface area (Å²) < 4.78 is 19.4. The molecule has 4 nitrogen and oxygen atoms in total. The van der Waals surface area contributed by atoms with Gasteiger partial charge in [-0.15, -0.1) is 6.58 Å². The maximum absolute atomic E-state index is 12.0. The molecule has 0 amide bonds. The summed E-state index contributed by atoms with van der Waals surface area (Å²) in [6.45, 7) is 5.57. The average Bonchev–Trinajstić information content (AvgIpc) is 2.38. The molecule has 0 aromatic heterocycles. The van der Waals surface area contributed by atoms with Gasteiger partial charge in [0.15, 0.2) is 0 Å². The summed E-state index contributed by atoms with van der Waals surface area (Å²) in [5.41, 5.74) is 1.10. The Morgan fingerprint density at radius 1 is 1.50 bits per heavy atom. The van der Waals surface area contributed by atoms with Gasteiger partial charge in [-0.2, -0.15) is 0 Å². The van der Waals surface area contributed by atoms with E-state index < -0.39 is 11.0 Å². The Hall–Kier alpha value is -1.46. The van der Waals surface area contributed by atoms with Gasteiger partial charge in [-0.05, 0) is 19.1 Å². The molecule has 0 saturated carbocycles. The zero-order valence-corrected chi connectivity index (χ0v) is 11.3. The largest absolute Gasteiger partial charge is 0.469 e. The van der Waals surface area contributed by atoms with Crippen LogP contribution in [-0.4, -0.2) is 23.3 Å². The van der Waals surface area contributed by atoms with E-state index in [4.69, 9.17) is 0 Å². The van der Waals surface area contributed by atoms with Crippen LogP contribution in [0.4, 0.5) is 0 Å². The van der Waals surface area contributed by atoms with Crippen molar-refractivity contribution in [3.05, 3.63) is 42.5 Å². The summed E-state index contributed by atoms with van der Waals surface area (Å²) in [6.07, 6.45) is 1.65. The lowest BCUT2D eigenvalue weighted by Crippen LogP contribution is -2.31. The van der Waals surface area contributed by atoms with Crippen LogP contribution in [0.5, 0.6) is 0 Å². The monoisotopic (exact) mass is 267 g/mol. The molecule has 0 bridgehead atoms. The van der Waals surface area contributed by atoms with Crippen molar-refractivity contribution in [2.24, 2.45) is 0 Å². The molecule has 1 rings (SSSR count). The number of carbonyl (C=O) groups is 1. The second-order valence-electron chi connectivity index (χ2n) is 3.82. The number of rotatable bonds is 6. The fourth-order valence-corrected chi connectivity index (χ4v) is 2.28. The standard InChI is InChI=1S/C13H17NO3S/c1-4-11(9-13(15)17-3)14-18(16)12-7-5-10(2)6-8-12/h4-8,11,14H,1,9H2,2-3H3. The first-order valence-corrected chi connectivity index (χ1v) is 6.65. The summed E-state index contributed by atoms with van der Waals surface area (Å²) in [5.74, 6) is -0.367. The number of benzene rings is 1. The van der Waals surface area contributed by atoms with Crippen LogP contribution < -0.4 is 4.72 Å². The first-order valence-electron chi connectivity index (χ1n) is 5.50. The lowest BCUT2D eigenvalue weighted by molar-refractivity contribution is -0.140. The molecule has 1 N–H and O–H groups in total. The lowest BCUT2D eigenvalue weighted by Gasteiger charge is -2.12. The van der Waals surface area contributed by atoms with Crippen LogP contribution in [-0.2, 0) is 20.5 Å². The van der Waals surface area contributed by atoms with E-state index in [0.717, 1.165) is 5.56 Å². The molecule has 2 atom stereocenters. The molecule has 0 saturated heterocycles. The first-order chi connectivity index (χ1) is 8.56. The van der Waals surface area contributed by atoms with Gasteiger partial charge in [0.25, 0.3) is 0 Å². The van der Waals surface area contributed by atoms with E-state index in [-0.39, 0.29) is 18.4 Å². The Morgan fingerprint density at radius 3 is 2.61 bits per heavy atom. The van der Waals surface area contributed by atoms with Crippen LogP contribution in [0.2, 0.25) is 0 Å². The quantitative estimate of drug-likeness (QED) is 0.631. The Bertz CT molecular complexity index is 442. The molecule has 5 heteroatoms. The molecule has 0 heterocycles. The van der Waals surface area contributed by atoms with Gasteiger partial charge in [-0.1, -0.05) is 23.8 Å². The molecule has 0 aliphatic carbocycles. The maximum atomic E-state index is 12.0. The summed E-state index contributed by atoms with van der Waals surface area (Å²) in [7, 11) is -0.0502. The fraction of sp³-hybridized carbons (Fsp3) is 0.308. The van der Waals surface area contributed by atoms with Crippen LogP contribution in [0.25, 0.3) is 0 Å². The highest BCUT2D eigenvalue weighted by molar-refractivity contribution is 7.83. The fourth-order valence-electron chi connectivity index (χ4n) is 1.30. The third-order valence-electron chi connectivity index (χ3n) is 2.39. The van der Waals surface area contributed by atoms with Crippen LogP contribution in [0.1, 0.15) is 12.0 Å². The van der Waals surface area contributed by atoms with Crippen molar-refractivity contribution < 1.29 is 13.7 Å². The summed E-state index contributed by atoms with van der Waals surface area (Å²) >= 11 is 0. The van der Waals surface area contributed by atoms with Crippen LogP contribution in [0.3, 0.4) is 0 Å². The molecule has 0 aliphatic rings. The van der Waals surface area contributed by atoms with Crippen LogP contribution >= 0.6 is 0 Å². The van der Waals surface area contributed by atoms with Gasteiger partial charge in [0.05, 0.1) is 18.4 Å². The molecule has 1 aromatic rings. The van der Waals surface area contributed by atoms with Crippen LogP contribution in [0.15, 0.2) is 41.8 Å². The van der Waals surface area contributed by atoms with Crippen molar-refractivity contribution >= 4 is 17.0 Å². The minimum absolute atomic E-state index is 0.109. The molecular formula is C13H17NO3S. The van der Waals surface area contributed by atoms with Gasteiger partial charge in [-0.25, -0.2) is 8.93 Å². The van der Waals surface area contributed by atoms with Crippen molar-refractivity contribution in [1.82, 2.24) is 4.72 Å². The van der Waals surface area contributed by atoms with E-state index in [1.807, 2.05) is 19.1 Å². The van der Waals surface area contributed by atoms with Gasteiger partial charge in [0.2, 0.25) is 0 Å². The van der Waals surface area contributed by atoms with E-state index in [2.05, 4.69) is 16.0 Å². The summed E-state index contributed by atoms with van der Waals surface area (Å²) in [4.78, 5) is 11.8. The van der Waals surface area contributed by atoms with Crippen molar-refractivity contribution in [3.8, 4) is 0 Å². The number of nitrogens with one attached hydrogen (secondary N) is 1. The molecule has 18 heavy (non-hydrogen) atoms. The average molecular weight is 267 g/mol. The van der Waals surface area contributed by atoms with E-state index in [0.29, 0.717) is 4.90 Å². The smallest absolute Gasteiger partial charge is 0.307 e. The molecule has 0 radical (unpaired) electrons. The highest BCUT2D eigenvalue weighted by Gasteiger charge is 2.14. The third-order valence-corrected chi connectivity index (χ3v) is 3.61. The van der Waals surface area contributed by atoms with Gasteiger partial charge < -0.3 is 4.74 Å². The number of aryl methyl sites for hydroxylation is 1. The number of hydrogen-bond donors (Lipinski definition) is 1. The number of methoxy groups -OCH3 is 1. The van der Waals surface area contributed by atoms with Crippen molar-refractivity contribution in [1.29, 1.82) is 0 Å². The summed E-state index contributed by atoms with van der Waals surface area (Å²) in [6, 6.07) is 6.98. The first kappa shape index (κ1) is 14.6. The highest BCUT2D eigenvalue weighted by Crippen LogP contribution is 2.08. The molecule has 1 aromatic carbocycles. The molecule has 98 valence electrons. The maximum Gasteiger partial charge on any atom is 0.307 e. The SMILES string of the molecule is C=CC(CC(=O)OC)NS(=O)c1ccc(C)cc1. The van der Waals surface area contributed by atoms with Crippen molar-refractivity contribution in [3.63, 3.8) is 0 Å². The molecule has 0 fully saturated rings. The number of carbonyl (C=O) groups excluding carboxylic acids is 1. The van der Waals surface area contributed by atoms with Crippen LogP contribution in [0, 0.1) is 6.92 Å². The predicted molar refractivity (Wildman–Crippen MR) is 71.3 cm³/mol. The second-order valence-corrected chi connectivity index (χ2v) is 5.07. The molecule has 0 spiro atoms. The lowest BCUT2D eigenvalue weighted by atomic mass is 10.2. The Labute approximate surface area is 110 Å². The van der Waals surface area contributed by atoms with E-state index in [1.54, 1.807) is 18.2 Å². The Balaban J connectivity index is 2.64. The third kappa shape index (κ3) is 4.43.